The van der Waals surface area contributed by atoms with E-state index in [9.17, 15) is 8.42 Å². The number of methoxy groups -OCH3 is 1. The minimum atomic E-state index is -3.59. The predicted octanol–water partition coefficient (Wildman–Crippen LogP) is 3.51. The molecule has 0 radical (unpaired) electrons. The molecule has 3 saturated carbocycles. The van der Waals surface area contributed by atoms with Crippen LogP contribution in [0.2, 0.25) is 0 Å². The van der Waals surface area contributed by atoms with Crippen LogP contribution in [-0.2, 0) is 16.4 Å². The number of allylic oxidation sites excluding steroid dienone is 2. The van der Waals surface area contributed by atoms with Gasteiger partial charge in [0, 0.05) is 12.5 Å². The van der Waals surface area contributed by atoms with Crippen LogP contribution in [0.25, 0.3) is 0 Å². The Morgan fingerprint density at radius 2 is 2.00 bits per heavy atom. The molecule has 0 amide bonds. The summed E-state index contributed by atoms with van der Waals surface area (Å²) < 4.78 is 34.6. The van der Waals surface area contributed by atoms with Crippen LogP contribution >= 0.6 is 0 Å². The second kappa shape index (κ2) is 9.31. The Morgan fingerprint density at radius 1 is 1.22 bits per heavy atom. The van der Waals surface area contributed by atoms with Crippen LogP contribution in [0.3, 0.4) is 0 Å². The number of hydrogen-bond donors (Lipinski definition) is 2. The van der Waals surface area contributed by atoms with E-state index in [1.807, 2.05) is 0 Å². The molecule has 0 aliphatic heterocycles. The first kappa shape index (κ1) is 22.9. The van der Waals surface area contributed by atoms with Gasteiger partial charge in [-0.2, -0.15) is 0 Å². The Morgan fingerprint density at radius 3 is 2.66 bits per heavy atom. The zero-order chi connectivity index (χ0) is 22.8. The molecule has 174 valence electrons. The molecule has 9 heteroatoms. The zero-order valence-electron chi connectivity index (χ0n) is 19.0. The summed E-state index contributed by atoms with van der Waals surface area (Å²) >= 11 is 0. The second-order valence-electron chi connectivity index (χ2n) is 9.63. The molecule has 2 N–H and O–H groups in total. The Balaban J connectivity index is 1.39. The number of unbranched alkanes of at least 4 members (excludes halogenated alkanes) is 1. The average Bonchev–Trinajstić information content (AvgIpc) is 3.30. The Kier molecular flexibility index (Phi) is 6.67. The molecule has 1 heterocycles. The van der Waals surface area contributed by atoms with E-state index in [1.165, 1.54) is 0 Å². The summed E-state index contributed by atoms with van der Waals surface area (Å²) in [5.41, 5.74) is 0.179. The van der Waals surface area contributed by atoms with Crippen LogP contribution < -0.4 is 9.46 Å². The highest BCUT2D eigenvalue weighted by molar-refractivity contribution is 7.89. The van der Waals surface area contributed by atoms with Gasteiger partial charge in [-0.05, 0) is 90.0 Å². The molecule has 0 saturated heterocycles. The molecule has 1 aromatic heterocycles. The summed E-state index contributed by atoms with van der Waals surface area (Å²) in [6.45, 7) is 4.57. The highest BCUT2D eigenvalue weighted by Crippen LogP contribution is 2.61. The summed E-state index contributed by atoms with van der Waals surface area (Å²) in [6.07, 6.45) is 10.2. The molecule has 0 unspecified atom stereocenters. The quantitative estimate of drug-likeness (QED) is 0.416. The Bertz CT molecular complexity index is 1020. The lowest BCUT2D eigenvalue weighted by atomic mass is 9.45. The third-order valence-electron chi connectivity index (χ3n) is 7.51. The van der Waals surface area contributed by atoms with Gasteiger partial charge in [-0.1, -0.05) is 26.0 Å². The Labute approximate surface area is 190 Å². The fourth-order valence-electron chi connectivity index (χ4n) is 5.39. The molecular weight excluding hydrogens is 426 g/mol. The number of tetrazole rings is 1. The van der Waals surface area contributed by atoms with E-state index in [0.29, 0.717) is 23.5 Å². The van der Waals surface area contributed by atoms with Crippen molar-refractivity contribution in [3.05, 3.63) is 42.2 Å². The first-order chi connectivity index (χ1) is 15.3. The van der Waals surface area contributed by atoms with Crippen molar-refractivity contribution in [2.24, 2.45) is 23.2 Å². The number of sulfonamides is 1. The lowest BCUT2D eigenvalue weighted by molar-refractivity contribution is -0.108. The highest BCUT2D eigenvalue weighted by atomic mass is 32.2. The van der Waals surface area contributed by atoms with Crippen LogP contribution in [0.15, 0.2) is 41.3 Å². The maximum Gasteiger partial charge on any atom is 0.240 e. The van der Waals surface area contributed by atoms with Gasteiger partial charge >= 0.3 is 0 Å². The first-order valence-corrected chi connectivity index (χ1v) is 12.8. The minimum absolute atomic E-state index is 0.0491. The van der Waals surface area contributed by atoms with E-state index in [0.717, 1.165) is 44.3 Å². The van der Waals surface area contributed by atoms with Crippen LogP contribution in [0.4, 0.5) is 0 Å². The number of hydrogen-bond acceptors (Lipinski definition) is 6. The predicted molar refractivity (Wildman–Crippen MR) is 121 cm³/mol. The molecule has 2 aromatic rings. The van der Waals surface area contributed by atoms with Crippen molar-refractivity contribution in [1.82, 2.24) is 25.3 Å². The third kappa shape index (κ3) is 4.73. The van der Waals surface area contributed by atoms with Gasteiger partial charge in [-0.15, -0.1) is 5.10 Å². The van der Waals surface area contributed by atoms with Crippen molar-refractivity contribution >= 4 is 10.0 Å². The molecule has 2 bridgehead atoms. The number of H-pyrrole nitrogens is 1. The summed E-state index contributed by atoms with van der Waals surface area (Å²) in [7, 11) is -2.02. The number of fused-ring (bicyclic) bond motifs is 2. The number of nitrogens with one attached hydrogen (secondary N) is 2. The van der Waals surface area contributed by atoms with Crippen molar-refractivity contribution in [3.8, 4) is 5.75 Å². The van der Waals surface area contributed by atoms with Gasteiger partial charge < -0.3 is 4.74 Å². The molecule has 8 nitrogen and oxygen atoms in total. The summed E-state index contributed by atoms with van der Waals surface area (Å²) in [5.74, 6) is 2.81. The number of ether oxygens (including phenoxy) is 1. The van der Waals surface area contributed by atoms with E-state index >= 15 is 0 Å². The van der Waals surface area contributed by atoms with Gasteiger partial charge in [0.25, 0.3) is 0 Å². The molecule has 1 aromatic carbocycles. The smallest absolute Gasteiger partial charge is 0.240 e. The largest absolute Gasteiger partial charge is 0.497 e. The lowest BCUT2D eigenvalue weighted by Gasteiger charge is -2.62. The topological polar surface area (TPSA) is 110 Å². The van der Waals surface area contributed by atoms with Crippen molar-refractivity contribution in [1.29, 1.82) is 0 Å². The van der Waals surface area contributed by atoms with Gasteiger partial charge in [-0.3, -0.25) is 0 Å². The summed E-state index contributed by atoms with van der Waals surface area (Å²) in [4.78, 5) is 0.286. The highest BCUT2D eigenvalue weighted by Gasteiger charge is 2.58. The third-order valence-corrected chi connectivity index (χ3v) is 8.99. The normalized spacial score (nSPS) is 26.7. The molecule has 3 aliphatic carbocycles. The average molecular weight is 460 g/mol. The molecule has 3 aliphatic rings. The lowest BCUT2D eigenvalue weighted by Crippen LogP contribution is -2.63. The SMILES string of the molecule is COc1ccc(S(=O)(=O)N[C@@H]2[C@@H](C/C=C\CCCc3nnn[nH]3)C[C@H]3C[C@H]2C3(C)C)cc1. The fourth-order valence-corrected chi connectivity index (χ4v) is 6.74. The maximum atomic E-state index is 13.2. The Hall–Kier alpha value is -2.26. The van der Waals surface area contributed by atoms with E-state index in [2.05, 4.69) is 51.3 Å². The minimum Gasteiger partial charge on any atom is -0.497 e. The molecule has 0 spiro atoms. The van der Waals surface area contributed by atoms with Crippen LogP contribution in [0, 0.1) is 23.2 Å². The summed E-state index contributed by atoms with van der Waals surface area (Å²) in [6, 6.07) is 6.55. The van der Waals surface area contributed by atoms with Crippen molar-refractivity contribution in [2.45, 2.75) is 63.3 Å². The number of rotatable bonds is 10. The van der Waals surface area contributed by atoms with Crippen molar-refractivity contribution < 1.29 is 13.2 Å². The van der Waals surface area contributed by atoms with Gasteiger partial charge in [0.2, 0.25) is 10.0 Å². The number of aromatic nitrogens is 4. The number of aryl methyl sites for hydroxylation is 1. The van der Waals surface area contributed by atoms with Gasteiger partial charge in [0.15, 0.2) is 0 Å². The molecule has 3 fully saturated rings. The van der Waals surface area contributed by atoms with E-state index in [1.54, 1.807) is 31.4 Å². The number of nitrogens with zero attached hydrogens (tertiary/aromatic N) is 3. The van der Waals surface area contributed by atoms with Crippen LogP contribution in [0.5, 0.6) is 5.75 Å². The molecule has 4 atom stereocenters. The standard InChI is InChI=1S/C23H33N5O3S/c1-23(2)17-14-16(8-6-4-5-7-9-21-24-27-28-25-21)22(20(23)15-17)26-32(29,30)19-12-10-18(31-3)11-13-19/h4,6,10-13,16-17,20,22,26H,5,7-9,14-15H2,1-3H3,(H,24,25,27,28)/b6-4-/t16-,17-,20+,22+/m0/s1. The van der Waals surface area contributed by atoms with Gasteiger partial charge in [-0.25, -0.2) is 18.2 Å². The van der Waals surface area contributed by atoms with E-state index in [-0.39, 0.29) is 16.4 Å². The van der Waals surface area contributed by atoms with Crippen LogP contribution in [0.1, 0.15) is 51.8 Å². The van der Waals surface area contributed by atoms with Crippen molar-refractivity contribution in [3.63, 3.8) is 0 Å². The first-order valence-electron chi connectivity index (χ1n) is 11.3. The molecule has 32 heavy (non-hydrogen) atoms. The van der Waals surface area contributed by atoms with E-state index < -0.39 is 10.0 Å². The van der Waals surface area contributed by atoms with E-state index in [4.69, 9.17) is 4.74 Å². The number of aromatic amines is 1. The van der Waals surface area contributed by atoms with Crippen molar-refractivity contribution in [2.75, 3.05) is 7.11 Å². The molecule has 5 rings (SSSR count). The molecular formula is C23H33N5O3S. The maximum absolute atomic E-state index is 13.2. The van der Waals surface area contributed by atoms with Gasteiger partial charge in [0.05, 0.1) is 12.0 Å². The number of benzene rings is 1. The second-order valence-corrected chi connectivity index (χ2v) is 11.3. The zero-order valence-corrected chi connectivity index (χ0v) is 19.8. The van der Waals surface area contributed by atoms with Crippen LogP contribution in [-0.4, -0.2) is 42.2 Å². The van der Waals surface area contributed by atoms with Gasteiger partial charge in [0.1, 0.15) is 11.6 Å². The summed E-state index contributed by atoms with van der Waals surface area (Å²) in [5, 5.41) is 13.9. The monoisotopic (exact) mass is 459 g/mol. The fraction of sp³-hybridized carbons (Fsp3) is 0.609.